The molecule has 0 spiro atoms. The summed E-state index contributed by atoms with van der Waals surface area (Å²) in [5.74, 6) is -3.15. The summed E-state index contributed by atoms with van der Waals surface area (Å²) < 4.78 is 94.1. The predicted molar refractivity (Wildman–Crippen MR) is 40.0 cm³/mol. The van der Waals surface area contributed by atoms with Crippen molar-refractivity contribution in [3.8, 4) is 0 Å². The fraction of sp³-hybridized carbons (Fsp3) is 1.00. The number of hydrogen-bond donors (Lipinski definition) is 1. The molecule has 5 nitrogen and oxygen atoms in total. The van der Waals surface area contributed by atoms with Gasteiger partial charge in [0.2, 0.25) is 0 Å². The molecular formula is C4H5F4NO4S2. The molecule has 11 heteroatoms. The highest BCUT2D eigenvalue weighted by atomic mass is 32.3. The molecule has 1 saturated heterocycles. The van der Waals surface area contributed by atoms with E-state index in [1.807, 2.05) is 0 Å². The predicted octanol–water partition coefficient (Wildman–Crippen LogP) is 0.0709. The minimum Gasteiger partial charge on any atom is -0.205 e. The summed E-state index contributed by atoms with van der Waals surface area (Å²) in [6, 6.07) is 0. The number of halogens is 4. The molecule has 15 heavy (non-hydrogen) atoms. The molecule has 0 aliphatic carbocycles. The summed E-state index contributed by atoms with van der Waals surface area (Å²) in [6.45, 7) is 0.149. The van der Waals surface area contributed by atoms with E-state index in [0.29, 0.717) is 0 Å². The molecule has 90 valence electrons. The number of rotatable bonds is 0. The molecule has 1 fully saturated rings. The number of sulfonamides is 2. The van der Waals surface area contributed by atoms with Crippen LogP contribution < -0.4 is 4.13 Å². The normalized spacial score (nSPS) is 32.3. The van der Waals surface area contributed by atoms with Gasteiger partial charge in [0, 0.05) is 0 Å². The van der Waals surface area contributed by atoms with Gasteiger partial charge in [-0.3, -0.25) is 0 Å². The van der Waals surface area contributed by atoms with Crippen LogP contribution in [0.2, 0.25) is 0 Å². The van der Waals surface area contributed by atoms with Gasteiger partial charge >= 0.3 is 10.5 Å². The van der Waals surface area contributed by atoms with Crippen LogP contribution in [-0.4, -0.2) is 27.3 Å². The highest BCUT2D eigenvalue weighted by Gasteiger charge is 2.71. The van der Waals surface area contributed by atoms with Gasteiger partial charge in [-0.25, -0.2) is 16.8 Å². The molecule has 0 radical (unpaired) electrons. The Morgan fingerprint density at radius 3 is 1.47 bits per heavy atom. The van der Waals surface area contributed by atoms with E-state index in [9.17, 15) is 34.4 Å². The summed E-state index contributed by atoms with van der Waals surface area (Å²) in [4.78, 5) is 0. The van der Waals surface area contributed by atoms with E-state index in [2.05, 4.69) is 0 Å². The quantitative estimate of drug-likeness (QED) is 0.632. The first-order valence-electron chi connectivity index (χ1n) is 3.39. The third kappa shape index (κ3) is 1.44. The molecule has 0 saturated carbocycles. The molecular weight excluding hydrogens is 266 g/mol. The monoisotopic (exact) mass is 271 g/mol. The van der Waals surface area contributed by atoms with Gasteiger partial charge in [-0.05, 0) is 6.92 Å². The van der Waals surface area contributed by atoms with Gasteiger partial charge in [0.05, 0.1) is 0 Å². The molecule has 1 rings (SSSR count). The Balaban J connectivity index is 3.51. The van der Waals surface area contributed by atoms with Crippen molar-refractivity contribution >= 4 is 20.0 Å². The molecule has 1 aliphatic rings. The van der Waals surface area contributed by atoms with Crippen molar-refractivity contribution < 1.29 is 34.4 Å². The Hall–Kier alpha value is -0.420. The van der Waals surface area contributed by atoms with Gasteiger partial charge in [0.25, 0.3) is 20.0 Å². The zero-order valence-corrected chi connectivity index (χ0v) is 8.67. The van der Waals surface area contributed by atoms with Crippen molar-refractivity contribution in [1.29, 1.82) is 0 Å². The van der Waals surface area contributed by atoms with Crippen molar-refractivity contribution in [2.24, 2.45) is 5.92 Å². The Morgan fingerprint density at radius 1 is 0.933 bits per heavy atom. The first kappa shape index (κ1) is 12.6. The molecule has 0 aromatic heterocycles. The lowest BCUT2D eigenvalue weighted by Crippen LogP contribution is -2.62. The van der Waals surface area contributed by atoms with E-state index in [0.717, 1.165) is 0 Å². The Kier molecular flexibility index (Phi) is 2.38. The van der Waals surface area contributed by atoms with Crippen molar-refractivity contribution in [2.45, 2.75) is 17.4 Å². The van der Waals surface area contributed by atoms with Crippen molar-refractivity contribution in [3.05, 3.63) is 0 Å². The van der Waals surface area contributed by atoms with Gasteiger partial charge in [-0.15, -0.1) is 0 Å². The highest BCUT2D eigenvalue weighted by Crippen LogP contribution is 2.46. The lowest BCUT2D eigenvalue weighted by molar-refractivity contribution is -0.0782. The largest absolute Gasteiger partial charge is 0.369 e. The fourth-order valence-electron chi connectivity index (χ4n) is 0.917. The van der Waals surface area contributed by atoms with E-state index in [1.165, 1.54) is 0 Å². The first-order chi connectivity index (χ1) is 6.36. The lowest BCUT2D eigenvalue weighted by atomic mass is 10.2. The topological polar surface area (TPSA) is 80.3 Å². The van der Waals surface area contributed by atoms with Crippen LogP contribution in [0, 0.1) is 5.92 Å². The maximum atomic E-state index is 12.8. The third-order valence-corrected chi connectivity index (χ3v) is 5.84. The molecule has 0 atom stereocenters. The molecule has 0 unspecified atom stereocenters. The Labute approximate surface area is 82.6 Å². The first-order valence-corrected chi connectivity index (χ1v) is 6.36. The zero-order chi connectivity index (χ0) is 12.3. The van der Waals surface area contributed by atoms with Crippen LogP contribution >= 0.6 is 0 Å². The van der Waals surface area contributed by atoms with E-state index in [4.69, 9.17) is 0 Å². The van der Waals surface area contributed by atoms with Crippen LogP contribution in [0.4, 0.5) is 17.6 Å². The van der Waals surface area contributed by atoms with Crippen molar-refractivity contribution in [2.75, 3.05) is 0 Å². The van der Waals surface area contributed by atoms with Gasteiger partial charge in [-0.2, -0.15) is 17.6 Å². The standard InChI is InChI=1S/C4H5F4NO4S2/c1-2-3(5,6)14(10,11)9-15(12,13)4(2,7)8/h2,9H,1H3. The van der Waals surface area contributed by atoms with E-state index >= 15 is 0 Å². The molecule has 1 N–H and O–H groups in total. The Morgan fingerprint density at radius 2 is 1.20 bits per heavy atom. The molecule has 0 aromatic rings. The van der Waals surface area contributed by atoms with E-state index < -0.39 is 36.5 Å². The van der Waals surface area contributed by atoms with Gasteiger partial charge < -0.3 is 0 Å². The second-order valence-electron chi connectivity index (χ2n) is 2.94. The number of alkyl halides is 4. The maximum Gasteiger partial charge on any atom is 0.369 e. The third-order valence-electron chi connectivity index (χ3n) is 1.94. The zero-order valence-electron chi connectivity index (χ0n) is 7.04. The molecule has 0 aromatic carbocycles. The minimum absolute atomic E-state index is 0.149. The number of hydrogen-bond acceptors (Lipinski definition) is 4. The lowest BCUT2D eigenvalue weighted by Gasteiger charge is -2.34. The van der Waals surface area contributed by atoms with Crippen LogP contribution in [0.1, 0.15) is 6.92 Å². The SMILES string of the molecule is CC1C(F)(F)S(=O)(=O)NS(=O)(=O)C1(F)F. The van der Waals surface area contributed by atoms with Gasteiger partial charge in [0.15, 0.2) is 0 Å². The summed E-state index contributed by atoms with van der Waals surface area (Å²) in [7, 11) is -11.3. The molecule has 1 heterocycles. The average Bonchev–Trinajstić information content (AvgIpc) is 1.98. The second kappa shape index (κ2) is 2.83. The van der Waals surface area contributed by atoms with Crippen LogP contribution in [-0.2, 0) is 20.0 Å². The maximum absolute atomic E-state index is 12.8. The number of nitrogens with one attached hydrogen (secondary N) is 1. The van der Waals surface area contributed by atoms with Crippen LogP contribution in [0.15, 0.2) is 0 Å². The summed E-state index contributed by atoms with van der Waals surface area (Å²) in [5, 5.41) is -9.69. The summed E-state index contributed by atoms with van der Waals surface area (Å²) >= 11 is 0. The molecule has 1 aliphatic heterocycles. The van der Waals surface area contributed by atoms with Gasteiger partial charge in [-0.1, -0.05) is 4.13 Å². The second-order valence-corrected chi connectivity index (χ2v) is 6.70. The van der Waals surface area contributed by atoms with Crippen LogP contribution in [0.25, 0.3) is 0 Å². The fourth-order valence-corrected chi connectivity index (χ4v) is 4.26. The molecule has 0 amide bonds. The van der Waals surface area contributed by atoms with Gasteiger partial charge in [0.1, 0.15) is 5.92 Å². The summed E-state index contributed by atoms with van der Waals surface area (Å²) in [5.41, 5.74) is 0. The van der Waals surface area contributed by atoms with E-state index in [-0.39, 0.29) is 11.1 Å². The van der Waals surface area contributed by atoms with Crippen LogP contribution in [0.3, 0.4) is 0 Å². The highest BCUT2D eigenvalue weighted by molar-refractivity contribution is 8.06. The summed E-state index contributed by atoms with van der Waals surface area (Å²) in [6.07, 6.45) is 0. The van der Waals surface area contributed by atoms with Crippen LogP contribution in [0.5, 0.6) is 0 Å². The minimum atomic E-state index is -5.64. The van der Waals surface area contributed by atoms with E-state index in [1.54, 1.807) is 0 Å². The molecule has 0 bridgehead atoms. The van der Waals surface area contributed by atoms with Crippen molar-refractivity contribution in [1.82, 2.24) is 4.13 Å². The average molecular weight is 271 g/mol. The van der Waals surface area contributed by atoms with Crippen molar-refractivity contribution in [3.63, 3.8) is 0 Å². The smallest absolute Gasteiger partial charge is 0.205 e. The Bertz CT molecular complexity index is 437.